The van der Waals surface area contributed by atoms with Gasteiger partial charge in [0.2, 0.25) is 0 Å². The van der Waals surface area contributed by atoms with Gasteiger partial charge in [-0.15, -0.1) is 11.3 Å². The van der Waals surface area contributed by atoms with Crippen molar-refractivity contribution in [3.05, 3.63) is 151 Å². The highest BCUT2D eigenvalue weighted by molar-refractivity contribution is 7.27. The minimum absolute atomic E-state index is 0.0689. The van der Waals surface area contributed by atoms with Crippen molar-refractivity contribution in [1.29, 1.82) is 0 Å². The second-order valence-corrected chi connectivity index (χ2v) is 14.0. The van der Waals surface area contributed by atoms with Crippen LogP contribution in [0.15, 0.2) is 140 Å². The zero-order chi connectivity index (χ0) is 29.9. The molecule has 0 saturated carbocycles. The first kappa shape index (κ1) is 25.2. The molecule has 0 amide bonds. The predicted octanol–water partition coefficient (Wildman–Crippen LogP) is 12.8. The van der Waals surface area contributed by atoms with E-state index in [1.807, 2.05) is 11.3 Å². The lowest BCUT2D eigenvalue weighted by atomic mass is 9.73. The molecule has 0 saturated heterocycles. The largest absolute Gasteiger partial charge is 0.310 e. The smallest absolute Gasteiger partial charge is 0.0502 e. The van der Waals surface area contributed by atoms with Gasteiger partial charge in [-0.2, -0.15) is 0 Å². The summed E-state index contributed by atoms with van der Waals surface area (Å²) in [7, 11) is 0. The summed E-state index contributed by atoms with van der Waals surface area (Å²) < 4.78 is 2.71. The van der Waals surface area contributed by atoms with Crippen molar-refractivity contribution in [1.82, 2.24) is 0 Å². The van der Waals surface area contributed by atoms with Gasteiger partial charge in [-0.05, 0) is 85.2 Å². The van der Waals surface area contributed by atoms with Crippen LogP contribution in [0.1, 0.15) is 25.0 Å². The number of para-hydroxylation sites is 2. The van der Waals surface area contributed by atoms with Crippen molar-refractivity contribution in [2.24, 2.45) is 0 Å². The predicted molar refractivity (Wildman–Crippen MR) is 196 cm³/mol. The van der Waals surface area contributed by atoms with Gasteiger partial charge in [0.15, 0.2) is 0 Å². The Labute approximate surface area is 265 Å². The lowest BCUT2D eigenvalue weighted by Gasteiger charge is -2.42. The Hall–Kier alpha value is -5.18. The molecule has 0 fully saturated rings. The quantitative estimate of drug-likeness (QED) is 0.172. The van der Waals surface area contributed by atoms with E-state index in [1.54, 1.807) is 0 Å². The molecule has 1 aromatic heterocycles. The van der Waals surface area contributed by atoms with Crippen molar-refractivity contribution >= 4 is 91.7 Å². The van der Waals surface area contributed by atoms with Gasteiger partial charge in [0.1, 0.15) is 0 Å². The maximum atomic E-state index is 2.45. The molecule has 212 valence electrons. The van der Waals surface area contributed by atoms with Crippen LogP contribution in [0.3, 0.4) is 0 Å². The van der Waals surface area contributed by atoms with E-state index in [1.165, 1.54) is 91.5 Å². The maximum Gasteiger partial charge on any atom is 0.0502 e. The summed E-state index contributed by atoms with van der Waals surface area (Å²) in [6.45, 7) is 4.69. The standard InChI is InChI=1S/C43H29NS/c1-43(2)36-15-7-9-17-38(36)44(39-18-10-8-16-37(39)43)28-20-19-26-25-40-35(24-27(26)23-28)34-22-21-33-31-13-4-3-11-29(31)30-12-5-6-14-32(30)41(33)42(34)45-40/h3-25H,1-2H3. The molecule has 0 spiro atoms. The van der Waals surface area contributed by atoms with Gasteiger partial charge in [-0.3, -0.25) is 0 Å². The third-order valence-electron chi connectivity index (χ3n) is 10.2. The van der Waals surface area contributed by atoms with Gasteiger partial charge in [0.05, 0.1) is 11.4 Å². The summed E-state index contributed by atoms with van der Waals surface area (Å²) in [5, 5.41) is 13.2. The van der Waals surface area contributed by atoms with E-state index >= 15 is 0 Å². The second-order valence-electron chi connectivity index (χ2n) is 12.9. The molecule has 0 N–H and O–H groups in total. The van der Waals surface area contributed by atoms with Crippen molar-refractivity contribution in [3.63, 3.8) is 0 Å². The minimum atomic E-state index is -0.0689. The number of fused-ring (bicyclic) bond motifs is 13. The number of nitrogens with zero attached hydrogens (tertiary/aromatic N) is 1. The molecule has 0 bridgehead atoms. The number of hydrogen-bond acceptors (Lipinski definition) is 2. The Morgan fingerprint density at radius 3 is 1.71 bits per heavy atom. The summed E-state index contributed by atoms with van der Waals surface area (Å²) in [5.41, 5.74) is 6.35. The lowest BCUT2D eigenvalue weighted by molar-refractivity contribution is 0.632. The molecule has 0 atom stereocenters. The molecule has 0 radical (unpaired) electrons. The highest BCUT2D eigenvalue weighted by Crippen LogP contribution is 2.52. The van der Waals surface area contributed by atoms with Crippen LogP contribution in [0.5, 0.6) is 0 Å². The molecule has 9 aromatic rings. The van der Waals surface area contributed by atoms with E-state index in [-0.39, 0.29) is 5.41 Å². The average Bonchev–Trinajstić information content (AvgIpc) is 3.45. The fraction of sp³-hybridized carbons (Fsp3) is 0.0698. The zero-order valence-electron chi connectivity index (χ0n) is 25.1. The van der Waals surface area contributed by atoms with Crippen LogP contribution in [-0.4, -0.2) is 0 Å². The molecule has 2 heteroatoms. The van der Waals surface area contributed by atoms with Gasteiger partial charge in [0.25, 0.3) is 0 Å². The lowest BCUT2D eigenvalue weighted by Crippen LogP contribution is -2.30. The fourth-order valence-corrected chi connectivity index (χ4v) is 9.33. The van der Waals surface area contributed by atoms with E-state index in [0.29, 0.717) is 0 Å². The number of benzene rings is 8. The van der Waals surface area contributed by atoms with E-state index in [9.17, 15) is 0 Å². The molecule has 1 nitrogen and oxygen atoms in total. The van der Waals surface area contributed by atoms with Crippen LogP contribution in [-0.2, 0) is 5.41 Å². The maximum absolute atomic E-state index is 2.45. The van der Waals surface area contributed by atoms with Crippen molar-refractivity contribution in [3.8, 4) is 0 Å². The molecule has 1 aliphatic heterocycles. The normalized spacial score (nSPS) is 14.1. The molecule has 0 aliphatic carbocycles. The third kappa shape index (κ3) is 3.38. The summed E-state index contributed by atoms with van der Waals surface area (Å²) in [6, 6.07) is 52.1. The fourth-order valence-electron chi connectivity index (χ4n) is 8.04. The molecular formula is C43H29NS. The number of anilines is 3. The Kier molecular flexibility index (Phi) is 5.00. The molecule has 1 aliphatic rings. The van der Waals surface area contributed by atoms with Crippen molar-refractivity contribution < 1.29 is 0 Å². The zero-order valence-corrected chi connectivity index (χ0v) is 26.0. The minimum Gasteiger partial charge on any atom is -0.310 e. The SMILES string of the molecule is CC1(C)c2ccccc2N(c2ccc3cc4sc5c(ccc6c7ccccc7c7ccccc7c65)c4cc3c2)c2ccccc21. The number of thiophene rings is 1. The van der Waals surface area contributed by atoms with Crippen molar-refractivity contribution in [2.75, 3.05) is 4.90 Å². The van der Waals surface area contributed by atoms with Crippen LogP contribution in [0.4, 0.5) is 17.1 Å². The number of rotatable bonds is 1. The van der Waals surface area contributed by atoms with Gasteiger partial charge >= 0.3 is 0 Å². The Morgan fingerprint density at radius 1 is 0.467 bits per heavy atom. The van der Waals surface area contributed by atoms with E-state index in [0.717, 1.165) is 0 Å². The van der Waals surface area contributed by atoms with Crippen LogP contribution in [0.2, 0.25) is 0 Å². The summed E-state index contributed by atoms with van der Waals surface area (Å²) in [5.74, 6) is 0. The van der Waals surface area contributed by atoms with E-state index in [2.05, 4.69) is 158 Å². The van der Waals surface area contributed by atoms with Crippen LogP contribution >= 0.6 is 11.3 Å². The average molecular weight is 592 g/mol. The number of hydrogen-bond donors (Lipinski definition) is 0. The van der Waals surface area contributed by atoms with Crippen LogP contribution in [0, 0.1) is 0 Å². The Bertz CT molecular complexity index is 2610. The van der Waals surface area contributed by atoms with E-state index in [4.69, 9.17) is 0 Å². The second kappa shape index (κ2) is 8.94. The third-order valence-corrected chi connectivity index (χ3v) is 11.4. The van der Waals surface area contributed by atoms with Crippen LogP contribution < -0.4 is 4.90 Å². The van der Waals surface area contributed by atoms with Gasteiger partial charge in [-0.25, -0.2) is 0 Å². The summed E-state index contributed by atoms with van der Waals surface area (Å²) in [4.78, 5) is 2.45. The monoisotopic (exact) mass is 591 g/mol. The van der Waals surface area contributed by atoms with Gasteiger partial charge < -0.3 is 4.90 Å². The van der Waals surface area contributed by atoms with Crippen LogP contribution in [0.25, 0.3) is 63.3 Å². The first-order valence-electron chi connectivity index (χ1n) is 15.7. The van der Waals surface area contributed by atoms with Gasteiger partial charge in [-0.1, -0.05) is 117 Å². The Balaban J connectivity index is 1.23. The molecule has 0 unspecified atom stereocenters. The van der Waals surface area contributed by atoms with Crippen molar-refractivity contribution in [2.45, 2.75) is 19.3 Å². The molecule has 2 heterocycles. The molecule has 8 aromatic carbocycles. The molecular weight excluding hydrogens is 563 g/mol. The first-order chi connectivity index (χ1) is 22.1. The topological polar surface area (TPSA) is 3.24 Å². The Morgan fingerprint density at radius 2 is 1.02 bits per heavy atom. The highest BCUT2D eigenvalue weighted by Gasteiger charge is 2.36. The molecule has 10 rings (SSSR count). The van der Waals surface area contributed by atoms with Gasteiger partial charge in [0, 0.05) is 36.7 Å². The summed E-state index contributed by atoms with van der Waals surface area (Å²) in [6.07, 6.45) is 0. The summed E-state index contributed by atoms with van der Waals surface area (Å²) >= 11 is 1.93. The van der Waals surface area contributed by atoms with E-state index < -0.39 is 0 Å². The first-order valence-corrected chi connectivity index (χ1v) is 16.5. The highest BCUT2D eigenvalue weighted by atomic mass is 32.1. The molecule has 45 heavy (non-hydrogen) atoms.